The van der Waals surface area contributed by atoms with Crippen LogP contribution in [0.3, 0.4) is 0 Å². The highest BCUT2D eigenvalue weighted by Crippen LogP contribution is 2.16. The molecule has 0 aromatic heterocycles. The summed E-state index contributed by atoms with van der Waals surface area (Å²) in [5.74, 6) is -0.804. The zero-order chi connectivity index (χ0) is 16.7. The first-order chi connectivity index (χ1) is 11.1. The topological polar surface area (TPSA) is 55.4 Å². The number of hydrogen-bond acceptors (Lipinski definition) is 3. The molecule has 4 nitrogen and oxygen atoms in total. The summed E-state index contributed by atoms with van der Waals surface area (Å²) in [6, 6.07) is 13.8. The van der Waals surface area contributed by atoms with Crippen molar-refractivity contribution >= 4 is 35.2 Å². The van der Waals surface area contributed by atoms with E-state index in [-0.39, 0.29) is 12.5 Å². The van der Waals surface area contributed by atoms with Gasteiger partial charge in [0.15, 0.2) is 0 Å². The van der Waals surface area contributed by atoms with Crippen LogP contribution in [0, 0.1) is 0 Å². The van der Waals surface area contributed by atoms with Crippen molar-refractivity contribution in [2.45, 2.75) is 6.92 Å². The van der Waals surface area contributed by atoms with Crippen LogP contribution in [-0.2, 0) is 9.53 Å². The molecule has 2 rings (SSSR count). The molecule has 2 aromatic carbocycles. The maximum absolute atomic E-state index is 12.0. The molecule has 0 fully saturated rings. The molecule has 0 bridgehead atoms. The fourth-order valence-corrected chi connectivity index (χ4v) is 2.03. The molecule has 2 aromatic rings. The van der Waals surface area contributed by atoms with Gasteiger partial charge in [0.25, 0.3) is 0 Å². The van der Waals surface area contributed by atoms with Crippen molar-refractivity contribution in [1.82, 2.24) is 0 Å². The minimum Gasteiger partial charge on any atom is -0.462 e. The van der Waals surface area contributed by atoms with Crippen LogP contribution >= 0.6 is 11.6 Å². The number of esters is 1. The molecule has 0 saturated heterocycles. The number of rotatable bonds is 5. The van der Waals surface area contributed by atoms with Crippen LogP contribution in [0.1, 0.15) is 22.8 Å². The van der Waals surface area contributed by atoms with E-state index < -0.39 is 5.97 Å². The fraction of sp³-hybridized carbons (Fsp3) is 0.111. The van der Waals surface area contributed by atoms with Gasteiger partial charge in [-0.1, -0.05) is 35.9 Å². The zero-order valence-electron chi connectivity index (χ0n) is 12.6. The normalized spacial score (nSPS) is 10.5. The van der Waals surface area contributed by atoms with E-state index in [0.29, 0.717) is 16.3 Å². The molecular formula is C18H16ClNO3. The summed E-state index contributed by atoms with van der Waals surface area (Å²) < 4.78 is 4.97. The van der Waals surface area contributed by atoms with E-state index in [1.54, 1.807) is 61.5 Å². The Kier molecular flexibility index (Phi) is 5.94. The number of anilines is 1. The highest BCUT2D eigenvalue weighted by Gasteiger charge is 2.12. The summed E-state index contributed by atoms with van der Waals surface area (Å²) in [6.45, 7) is 2.01. The molecule has 0 aliphatic rings. The molecule has 0 aliphatic heterocycles. The van der Waals surface area contributed by atoms with E-state index in [0.717, 1.165) is 5.56 Å². The van der Waals surface area contributed by atoms with Crippen molar-refractivity contribution in [3.05, 3.63) is 70.8 Å². The van der Waals surface area contributed by atoms with Crippen molar-refractivity contribution in [3.8, 4) is 0 Å². The Balaban J connectivity index is 2.08. The van der Waals surface area contributed by atoms with Gasteiger partial charge in [-0.2, -0.15) is 0 Å². The monoisotopic (exact) mass is 329 g/mol. The summed E-state index contributed by atoms with van der Waals surface area (Å²) >= 11 is 5.81. The maximum atomic E-state index is 12.0. The number of amides is 1. The number of para-hydroxylation sites is 1. The van der Waals surface area contributed by atoms with E-state index in [1.807, 2.05) is 0 Å². The first-order valence-electron chi connectivity index (χ1n) is 7.11. The Bertz CT molecular complexity index is 723. The second-order valence-corrected chi connectivity index (χ2v) is 5.08. The third-order valence-corrected chi connectivity index (χ3v) is 3.23. The van der Waals surface area contributed by atoms with Gasteiger partial charge in [0.2, 0.25) is 5.91 Å². The Hall–Kier alpha value is -2.59. The quantitative estimate of drug-likeness (QED) is 0.661. The number of carbonyl (C=O) groups is 2. The van der Waals surface area contributed by atoms with Crippen LogP contribution in [0.4, 0.5) is 5.69 Å². The average Bonchev–Trinajstić information content (AvgIpc) is 2.55. The molecule has 0 spiro atoms. The largest absolute Gasteiger partial charge is 0.462 e. The Morgan fingerprint density at radius 1 is 1.13 bits per heavy atom. The van der Waals surface area contributed by atoms with Gasteiger partial charge in [-0.3, -0.25) is 4.79 Å². The number of benzene rings is 2. The lowest BCUT2D eigenvalue weighted by Gasteiger charge is -2.08. The van der Waals surface area contributed by atoms with E-state index >= 15 is 0 Å². The van der Waals surface area contributed by atoms with Gasteiger partial charge in [-0.15, -0.1) is 0 Å². The van der Waals surface area contributed by atoms with Crippen molar-refractivity contribution in [2.24, 2.45) is 0 Å². The van der Waals surface area contributed by atoms with Crippen molar-refractivity contribution in [3.63, 3.8) is 0 Å². The SMILES string of the molecule is CCOC(=O)c1ccccc1NC(=O)C=Cc1ccc(Cl)cc1. The predicted octanol–water partition coefficient (Wildman–Crippen LogP) is 4.17. The number of nitrogens with one attached hydrogen (secondary N) is 1. The van der Waals surface area contributed by atoms with Crippen LogP contribution < -0.4 is 5.32 Å². The highest BCUT2D eigenvalue weighted by atomic mass is 35.5. The van der Waals surface area contributed by atoms with Gasteiger partial charge in [0.05, 0.1) is 17.9 Å². The molecule has 0 aliphatic carbocycles. The lowest BCUT2D eigenvalue weighted by molar-refractivity contribution is -0.111. The van der Waals surface area contributed by atoms with Gasteiger partial charge < -0.3 is 10.1 Å². The standard InChI is InChI=1S/C18H16ClNO3/c1-2-23-18(22)15-5-3-4-6-16(15)20-17(21)12-9-13-7-10-14(19)11-8-13/h3-12H,2H2,1H3,(H,20,21). The Labute approximate surface area is 139 Å². The maximum Gasteiger partial charge on any atom is 0.340 e. The van der Waals surface area contributed by atoms with E-state index in [4.69, 9.17) is 16.3 Å². The summed E-state index contributed by atoms with van der Waals surface area (Å²) in [5, 5.41) is 3.31. The van der Waals surface area contributed by atoms with Gasteiger partial charge in [-0.25, -0.2) is 4.79 Å². The number of ether oxygens (including phenoxy) is 1. The van der Waals surface area contributed by atoms with Gasteiger partial charge >= 0.3 is 5.97 Å². The molecule has 0 heterocycles. The first kappa shape index (κ1) is 16.8. The van der Waals surface area contributed by atoms with Gasteiger partial charge in [0, 0.05) is 11.1 Å². The van der Waals surface area contributed by atoms with Crippen molar-refractivity contribution in [2.75, 3.05) is 11.9 Å². The third kappa shape index (κ3) is 4.97. The molecule has 5 heteroatoms. The van der Waals surface area contributed by atoms with Crippen LogP contribution in [-0.4, -0.2) is 18.5 Å². The van der Waals surface area contributed by atoms with Crippen molar-refractivity contribution in [1.29, 1.82) is 0 Å². The minimum atomic E-state index is -0.468. The predicted molar refractivity (Wildman–Crippen MR) is 91.5 cm³/mol. The van der Waals surface area contributed by atoms with Gasteiger partial charge in [0.1, 0.15) is 0 Å². The molecule has 0 atom stereocenters. The average molecular weight is 330 g/mol. The second-order valence-electron chi connectivity index (χ2n) is 4.64. The third-order valence-electron chi connectivity index (χ3n) is 2.98. The summed E-state index contributed by atoms with van der Waals surface area (Å²) in [4.78, 5) is 23.9. The van der Waals surface area contributed by atoms with Crippen LogP contribution in [0.2, 0.25) is 5.02 Å². The fourth-order valence-electron chi connectivity index (χ4n) is 1.90. The lowest BCUT2D eigenvalue weighted by Crippen LogP contribution is -2.13. The second kappa shape index (κ2) is 8.15. The number of carbonyl (C=O) groups excluding carboxylic acids is 2. The van der Waals surface area contributed by atoms with Crippen LogP contribution in [0.5, 0.6) is 0 Å². The summed E-state index contributed by atoms with van der Waals surface area (Å²) in [6.07, 6.45) is 3.06. The molecule has 118 valence electrons. The molecule has 0 unspecified atom stereocenters. The van der Waals surface area contributed by atoms with Crippen LogP contribution in [0.15, 0.2) is 54.6 Å². The molecule has 1 amide bonds. The Morgan fingerprint density at radius 2 is 1.83 bits per heavy atom. The van der Waals surface area contributed by atoms with Crippen LogP contribution in [0.25, 0.3) is 6.08 Å². The minimum absolute atomic E-state index is 0.275. The van der Waals surface area contributed by atoms with E-state index in [2.05, 4.69) is 5.32 Å². The first-order valence-corrected chi connectivity index (χ1v) is 7.48. The number of hydrogen-bond donors (Lipinski definition) is 1. The molecular weight excluding hydrogens is 314 g/mol. The molecule has 1 N–H and O–H groups in total. The van der Waals surface area contributed by atoms with Gasteiger partial charge in [-0.05, 0) is 42.8 Å². The summed E-state index contributed by atoms with van der Waals surface area (Å²) in [7, 11) is 0. The molecule has 0 saturated carbocycles. The van der Waals surface area contributed by atoms with Crippen molar-refractivity contribution < 1.29 is 14.3 Å². The Morgan fingerprint density at radius 3 is 2.52 bits per heavy atom. The molecule has 23 heavy (non-hydrogen) atoms. The van der Waals surface area contributed by atoms with E-state index in [1.165, 1.54) is 6.08 Å². The van der Waals surface area contributed by atoms with E-state index in [9.17, 15) is 9.59 Å². The zero-order valence-corrected chi connectivity index (χ0v) is 13.3. The lowest BCUT2D eigenvalue weighted by atomic mass is 10.1. The summed E-state index contributed by atoms with van der Waals surface area (Å²) in [5.41, 5.74) is 1.59. The smallest absolute Gasteiger partial charge is 0.340 e. The number of halogens is 1. The molecule has 0 radical (unpaired) electrons. The highest BCUT2D eigenvalue weighted by molar-refractivity contribution is 6.30.